The van der Waals surface area contributed by atoms with Crippen LogP contribution in [0, 0.1) is 0 Å². The third-order valence-electron chi connectivity index (χ3n) is 2.06. The van der Waals surface area contributed by atoms with Crippen LogP contribution in [-0.4, -0.2) is 36.5 Å². The van der Waals surface area contributed by atoms with Crippen LogP contribution in [0.5, 0.6) is 0 Å². The molecular weight excluding hydrogens is 172 g/mol. The van der Waals surface area contributed by atoms with E-state index >= 15 is 0 Å². The van der Waals surface area contributed by atoms with Crippen molar-refractivity contribution in [3.63, 3.8) is 0 Å². The molecule has 2 atom stereocenters. The molecule has 1 aliphatic heterocycles. The first-order valence-electron chi connectivity index (χ1n) is 4.72. The van der Waals surface area contributed by atoms with Crippen LogP contribution < -0.4 is 0 Å². The Morgan fingerprint density at radius 1 is 1.62 bits per heavy atom. The summed E-state index contributed by atoms with van der Waals surface area (Å²) in [6, 6.07) is 0. The molecule has 0 aromatic heterocycles. The van der Waals surface area contributed by atoms with E-state index in [1.54, 1.807) is 6.92 Å². The largest absolute Gasteiger partial charge is 0.464 e. The van der Waals surface area contributed by atoms with E-state index in [0.717, 1.165) is 12.8 Å². The second-order valence-electron chi connectivity index (χ2n) is 3.11. The Kier molecular flexibility index (Phi) is 4.18. The maximum absolute atomic E-state index is 11.3. The summed E-state index contributed by atoms with van der Waals surface area (Å²) in [7, 11) is 0. The fourth-order valence-corrected chi connectivity index (χ4v) is 1.38. The minimum absolute atomic E-state index is 0.325. The minimum Gasteiger partial charge on any atom is -0.464 e. The van der Waals surface area contributed by atoms with Crippen LogP contribution in [0.15, 0.2) is 0 Å². The molecule has 76 valence electrons. The molecule has 0 radical (unpaired) electrons. The van der Waals surface area contributed by atoms with Gasteiger partial charge in [-0.2, -0.15) is 0 Å². The summed E-state index contributed by atoms with van der Waals surface area (Å²) in [6.07, 6.45) is 0.928. The first-order valence-corrected chi connectivity index (χ1v) is 4.72. The first kappa shape index (κ1) is 10.5. The van der Waals surface area contributed by atoms with Gasteiger partial charge >= 0.3 is 5.97 Å². The van der Waals surface area contributed by atoms with Crippen LogP contribution in [-0.2, 0) is 14.3 Å². The third kappa shape index (κ3) is 2.97. The van der Waals surface area contributed by atoms with Crippen molar-refractivity contribution in [3.8, 4) is 0 Å². The number of hydrogen-bond acceptors (Lipinski definition) is 4. The van der Waals surface area contributed by atoms with Crippen molar-refractivity contribution in [1.82, 2.24) is 0 Å². The van der Waals surface area contributed by atoms with Gasteiger partial charge in [-0.05, 0) is 26.2 Å². The van der Waals surface area contributed by atoms with Crippen molar-refractivity contribution >= 4 is 5.97 Å². The highest BCUT2D eigenvalue weighted by Crippen LogP contribution is 2.15. The molecule has 4 nitrogen and oxygen atoms in total. The van der Waals surface area contributed by atoms with E-state index in [0.29, 0.717) is 19.6 Å². The van der Waals surface area contributed by atoms with Gasteiger partial charge in [0.15, 0.2) is 6.10 Å². The molecule has 13 heavy (non-hydrogen) atoms. The standard InChI is InChI=1S/C9H16O4/c1-2-12-9(11)8-7(10)5-3-4-6-13-8/h7-8,10H,2-6H2,1H3/t7-,8+/m0/s1. The van der Waals surface area contributed by atoms with Gasteiger partial charge in [0.05, 0.1) is 12.7 Å². The van der Waals surface area contributed by atoms with E-state index in [1.165, 1.54) is 0 Å². The SMILES string of the molecule is CCOC(=O)[C@@H]1OCCCC[C@@H]1O. The van der Waals surface area contributed by atoms with Gasteiger partial charge in [0, 0.05) is 6.61 Å². The highest BCUT2D eigenvalue weighted by atomic mass is 16.6. The Morgan fingerprint density at radius 3 is 3.08 bits per heavy atom. The topological polar surface area (TPSA) is 55.8 Å². The van der Waals surface area contributed by atoms with Crippen molar-refractivity contribution in [1.29, 1.82) is 0 Å². The van der Waals surface area contributed by atoms with Gasteiger partial charge in [-0.15, -0.1) is 0 Å². The zero-order valence-corrected chi connectivity index (χ0v) is 7.86. The summed E-state index contributed by atoms with van der Waals surface area (Å²) in [6.45, 7) is 2.59. The average molecular weight is 188 g/mol. The van der Waals surface area contributed by atoms with Crippen LogP contribution in [0.2, 0.25) is 0 Å². The predicted molar refractivity (Wildman–Crippen MR) is 46.2 cm³/mol. The molecule has 0 aromatic carbocycles. The molecule has 1 N–H and O–H groups in total. The Labute approximate surface area is 77.8 Å². The molecule has 0 saturated carbocycles. The zero-order valence-electron chi connectivity index (χ0n) is 7.86. The molecule has 0 amide bonds. The zero-order chi connectivity index (χ0) is 9.68. The molecule has 0 aliphatic carbocycles. The molecule has 1 rings (SSSR count). The summed E-state index contributed by atoms with van der Waals surface area (Å²) in [5.74, 6) is -0.447. The monoisotopic (exact) mass is 188 g/mol. The molecule has 1 saturated heterocycles. The third-order valence-corrected chi connectivity index (χ3v) is 2.06. The van der Waals surface area contributed by atoms with Gasteiger partial charge in [-0.25, -0.2) is 4.79 Å². The van der Waals surface area contributed by atoms with Gasteiger partial charge < -0.3 is 14.6 Å². The van der Waals surface area contributed by atoms with Crippen LogP contribution in [0.4, 0.5) is 0 Å². The van der Waals surface area contributed by atoms with Crippen LogP contribution in [0.1, 0.15) is 26.2 Å². The number of carbonyl (C=O) groups excluding carboxylic acids is 1. The predicted octanol–water partition coefficient (Wildman–Crippen LogP) is 0.480. The molecule has 1 fully saturated rings. The molecule has 0 aromatic rings. The van der Waals surface area contributed by atoms with Crippen molar-refractivity contribution in [3.05, 3.63) is 0 Å². The Hall–Kier alpha value is -0.610. The summed E-state index contributed by atoms with van der Waals surface area (Å²) in [5.41, 5.74) is 0. The second kappa shape index (κ2) is 5.19. The molecule has 0 bridgehead atoms. The highest BCUT2D eigenvalue weighted by Gasteiger charge is 2.30. The van der Waals surface area contributed by atoms with E-state index in [-0.39, 0.29) is 0 Å². The number of rotatable bonds is 2. The van der Waals surface area contributed by atoms with Crippen molar-refractivity contribution < 1.29 is 19.4 Å². The summed E-state index contributed by atoms with van der Waals surface area (Å²) in [4.78, 5) is 11.3. The van der Waals surface area contributed by atoms with E-state index in [2.05, 4.69) is 0 Å². The molecule has 1 aliphatic rings. The van der Waals surface area contributed by atoms with E-state index in [4.69, 9.17) is 9.47 Å². The van der Waals surface area contributed by atoms with Crippen LogP contribution >= 0.6 is 0 Å². The van der Waals surface area contributed by atoms with Gasteiger partial charge in [0.25, 0.3) is 0 Å². The maximum atomic E-state index is 11.3. The number of carbonyl (C=O) groups is 1. The summed E-state index contributed by atoms with van der Waals surface area (Å²) >= 11 is 0. The fraction of sp³-hybridized carbons (Fsp3) is 0.889. The van der Waals surface area contributed by atoms with Crippen LogP contribution in [0.25, 0.3) is 0 Å². The number of aliphatic hydroxyl groups is 1. The number of esters is 1. The Morgan fingerprint density at radius 2 is 2.38 bits per heavy atom. The maximum Gasteiger partial charge on any atom is 0.337 e. The summed E-state index contributed by atoms with van der Waals surface area (Å²) < 4.78 is 9.99. The molecule has 4 heteroatoms. The van der Waals surface area contributed by atoms with Gasteiger partial charge in [0.1, 0.15) is 0 Å². The molecule has 0 spiro atoms. The summed E-state index contributed by atoms with van der Waals surface area (Å²) in [5, 5.41) is 9.52. The number of ether oxygens (including phenoxy) is 2. The van der Waals surface area contributed by atoms with Crippen LogP contribution in [0.3, 0.4) is 0 Å². The van der Waals surface area contributed by atoms with Gasteiger partial charge in [-0.3, -0.25) is 0 Å². The van der Waals surface area contributed by atoms with E-state index in [1.807, 2.05) is 0 Å². The smallest absolute Gasteiger partial charge is 0.337 e. The lowest BCUT2D eigenvalue weighted by atomic mass is 10.1. The molecule has 1 heterocycles. The minimum atomic E-state index is -0.776. The second-order valence-corrected chi connectivity index (χ2v) is 3.11. The number of hydrogen-bond donors (Lipinski definition) is 1. The lowest BCUT2D eigenvalue weighted by Crippen LogP contribution is -2.36. The van der Waals surface area contributed by atoms with E-state index < -0.39 is 18.2 Å². The fourth-order valence-electron chi connectivity index (χ4n) is 1.38. The van der Waals surface area contributed by atoms with Crippen molar-refractivity contribution in [2.24, 2.45) is 0 Å². The molecule has 0 unspecified atom stereocenters. The lowest BCUT2D eigenvalue weighted by Gasteiger charge is -2.18. The Bertz CT molecular complexity index is 169. The quantitative estimate of drug-likeness (QED) is 0.640. The van der Waals surface area contributed by atoms with E-state index in [9.17, 15) is 9.90 Å². The molecular formula is C9H16O4. The average Bonchev–Trinajstić information content (AvgIpc) is 2.30. The highest BCUT2D eigenvalue weighted by molar-refractivity contribution is 5.75. The van der Waals surface area contributed by atoms with Crippen molar-refractivity contribution in [2.45, 2.75) is 38.4 Å². The normalized spacial score (nSPS) is 29.4. The lowest BCUT2D eigenvalue weighted by molar-refractivity contribution is -0.163. The van der Waals surface area contributed by atoms with Gasteiger partial charge in [-0.1, -0.05) is 0 Å². The Balaban J connectivity index is 2.48. The number of aliphatic hydroxyl groups excluding tert-OH is 1. The van der Waals surface area contributed by atoms with Gasteiger partial charge in [0.2, 0.25) is 0 Å². The first-order chi connectivity index (χ1) is 6.25. The van der Waals surface area contributed by atoms with Crippen molar-refractivity contribution in [2.75, 3.05) is 13.2 Å².